The summed E-state index contributed by atoms with van der Waals surface area (Å²) in [6, 6.07) is 20.9. The number of alkyl halides is 3. The molecular weight excluding hydrogens is 613 g/mol. The minimum absolute atomic E-state index is 0.131. The van der Waals surface area contributed by atoms with Crippen LogP contribution in [-0.4, -0.2) is 5.11 Å². The Morgan fingerprint density at radius 3 is 1.88 bits per heavy atom. The second-order valence-corrected chi connectivity index (χ2v) is 11.2. The van der Waals surface area contributed by atoms with Gasteiger partial charge in [0.2, 0.25) is 0 Å². The number of benzene rings is 3. The van der Waals surface area contributed by atoms with Gasteiger partial charge in [0.05, 0.1) is 12.2 Å². The number of thiophene rings is 2. The van der Waals surface area contributed by atoms with Gasteiger partial charge in [-0.15, -0.1) is 22.7 Å². The monoisotopic (exact) mass is 628 g/mol. The Kier molecular flexibility index (Phi) is 7.99. The maximum atomic E-state index is 12.7. The summed E-state index contributed by atoms with van der Waals surface area (Å²) in [5.74, 6) is 0.214. The van der Waals surface area contributed by atoms with E-state index in [0.717, 1.165) is 40.9 Å². The smallest absolute Gasteiger partial charge is 0.416 e. The molecule has 0 atom stereocenters. The summed E-state index contributed by atoms with van der Waals surface area (Å²) < 4.78 is 47.9. The first-order chi connectivity index (χ1) is 16.2. The first-order valence-electron chi connectivity index (χ1n) is 9.99. The number of rotatable bonds is 4. The maximum Gasteiger partial charge on any atom is 0.416 e. The molecule has 0 aliphatic rings. The van der Waals surface area contributed by atoms with Gasteiger partial charge in [-0.25, -0.2) is 0 Å². The van der Waals surface area contributed by atoms with E-state index in [1.54, 1.807) is 22.7 Å². The summed E-state index contributed by atoms with van der Waals surface area (Å²) in [6.45, 7) is 0.374. The molecular formula is C25H17Br2F3O2S2. The van der Waals surface area contributed by atoms with E-state index in [1.165, 1.54) is 22.2 Å². The van der Waals surface area contributed by atoms with E-state index < -0.39 is 11.7 Å². The van der Waals surface area contributed by atoms with Crippen molar-refractivity contribution >= 4 is 74.7 Å². The second-order valence-electron chi connectivity index (χ2n) is 7.21. The van der Waals surface area contributed by atoms with Crippen LogP contribution in [0, 0.1) is 0 Å². The van der Waals surface area contributed by atoms with E-state index in [1.807, 2.05) is 42.5 Å². The summed E-state index contributed by atoms with van der Waals surface area (Å²) in [7, 11) is 0. The van der Waals surface area contributed by atoms with E-state index in [9.17, 15) is 13.2 Å². The topological polar surface area (TPSA) is 29.5 Å². The first-order valence-corrected chi connectivity index (χ1v) is 13.2. The van der Waals surface area contributed by atoms with E-state index in [4.69, 9.17) is 9.84 Å². The van der Waals surface area contributed by atoms with Crippen LogP contribution in [0.5, 0.6) is 5.75 Å². The molecule has 1 N–H and O–H groups in total. The Labute approximate surface area is 218 Å². The van der Waals surface area contributed by atoms with Crippen molar-refractivity contribution in [1.82, 2.24) is 0 Å². The molecule has 176 valence electrons. The highest BCUT2D eigenvalue weighted by molar-refractivity contribution is 9.11. The van der Waals surface area contributed by atoms with E-state index >= 15 is 0 Å². The number of hydrogen-bond donors (Lipinski definition) is 1. The van der Waals surface area contributed by atoms with E-state index in [2.05, 4.69) is 37.9 Å². The van der Waals surface area contributed by atoms with Gasteiger partial charge < -0.3 is 9.84 Å². The van der Waals surface area contributed by atoms with Crippen LogP contribution in [0.25, 0.3) is 20.2 Å². The Morgan fingerprint density at radius 2 is 1.32 bits per heavy atom. The minimum Gasteiger partial charge on any atom is -0.488 e. The van der Waals surface area contributed by atoms with Gasteiger partial charge in [-0.3, -0.25) is 0 Å². The Morgan fingerprint density at radius 1 is 0.765 bits per heavy atom. The zero-order chi connectivity index (χ0) is 24.3. The summed E-state index contributed by atoms with van der Waals surface area (Å²) in [6.07, 6.45) is -4.36. The third-order valence-corrected chi connectivity index (χ3v) is 8.97. The van der Waals surface area contributed by atoms with Crippen LogP contribution in [0.15, 0.2) is 81.7 Å². The van der Waals surface area contributed by atoms with Crippen molar-refractivity contribution in [3.05, 3.63) is 97.1 Å². The molecule has 0 fully saturated rings. The van der Waals surface area contributed by atoms with Gasteiger partial charge in [-0.1, -0.05) is 30.3 Å². The lowest BCUT2D eigenvalue weighted by Gasteiger charge is -2.09. The van der Waals surface area contributed by atoms with Gasteiger partial charge in [0.1, 0.15) is 12.4 Å². The average molecular weight is 630 g/mol. The van der Waals surface area contributed by atoms with Crippen LogP contribution in [0.4, 0.5) is 13.2 Å². The molecule has 0 saturated carbocycles. The SMILES string of the molecule is FC(F)(F)c1cccc(OCc2cc3cccc(Br)c3s2)c1.OCc1cc2cccc(Br)c2s1. The molecule has 0 spiro atoms. The Bertz CT molecular complexity index is 1430. The molecule has 5 aromatic rings. The van der Waals surface area contributed by atoms with Crippen LogP contribution < -0.4 is 4.74 Å². The average Bonchev–Trinajstić information content (AvgIpc) is 3.43. The lowest BCUT2D eigenvalue weighted by atomic mass is 10.2. The summed E-state index contributed by atoms with van der Waals surface area (Å²) in [5.41, 5.74) is -0.705. The molecule has 0 saturated heterocycles. The predicted molar refractivity (Wildman–Crippen MR) is 141 cm³/mol. The maximum absolute atomic E-state index is 12.7. The highest BCUT2D eigenvalue weighted by Gasteiger charge is 2.30. The molecule has 34 heavy (non-hydrogen) atoms. The fourth-order valence-corrected chi connectivity index (χ4v) is 6.38. The summed E-state index contributed by atoms with van der Waals surface area (Å²) in [5, 5.41) is 11.2. The number of aliphatic hydroxyl groups is 1. The standard InChI is InChI=1S/C16H10BrF3OS.C9H7BrOS/c17-14-6-1-3-10-7-13(22-15(10)14)9-21-12-5-2-4-11(8-12)16(18,19)20;10-8-3-1-2-6-4-7(5-11)12-9(6)8/h1-8H,9H2;1-4,11H,5H2. The fourth-order valence-electron chi connectivity index (χ4n) is 3.23. The zero-order valence-electron chi connectivity index (χ0n) is 17.4. The molecule has 3 aromatic carbocycles. The highest BCUT2D eigenvalue weighted by atomic mass is 79.9. The van der Waals surface area contributed by atoms with Gasteiger partial charge in [0.25, 0.3) is 0 Å². The molecule has 0 aliphatic carbocycles. The lowest BCUT2D eigenvalue weighted by molar-refractivity contribution is -0.137. The van der Waals surface area contributed by atoms with Gasteiger partial charge in [-0.2, -0.15) is 13.2 Å². The highest BCUT2D eigenvalue weighted by Crippen LogP contribution is 2.34. The molecule has 9 heteroatoms. The van der Waals surface area contributed by atoms with Crippen LogP contribution in [-0.2, 0) is 19.4 Å². The first kappa shape index (κ1) is 25.2. The van der Waals surface area contributed by atoms with Crippen LogP contribution in [0.2, 0.25) is 0 Å². The van der Waals surface area contributed by atoms with E-state index in [-0.39, 0.29) is 19.0 Å². The second kappa shape index (κ2) is 10.8. The molecule has 0 unspecified atom stereocenters. The number of hydrogen-bond acceptors (Lipinski definition) is 4. The number of ether oxygens (including phenoxy) is 1. The lowest BCUT2D eigenvalue weighted by Crippen LogP contribution is -2.05. The fraction of sp³-hybridized carbons (Fsp3) is 0.120. The van der Waals surface area contributed by atoms with Gasteiger partial charge in [-0.05, 0) is 85.1 Å². The normalized spacial score (nSPS) is 11.5. The molecule has 0 radical (unpaired) electrons. The summed E-state index contributed by atoms with van der Waals surface area (Å²) >= 11 is 10.1. The number of aliphatic hydroxyl groups excluding tert-OH is 1. The molecule has 0 amide bonds. The molecule has 2 aromatic heterocycles. The van der Waals surface area contributed by atoms with Gasteiger partial charge in [0, 0.05) is 28.1 Å². The number of fused-ring (bicyclic) bond motifs is 2. The number of halogens is 5. The molecule has 0 aliphatic heterocycles. The minimum atomic E-state index is -4.36. The van der Waals surface area contributed by atoms with Gasteiger partial charge in [0.15, 0.2) is 0 Å². The largest absolute Gasteiger partial charge is 0.488 e. The van der Waals surface area contributed by atoms with Crippen LogP contribution in [0.3, 0.4) is 0 Å². The molecule has 2 nitrogen and oxygen atoms in total. The van der Waals surface area contributed by atoms with Crippen LogP contribution in [0.1, 0.15) is 15.3 Å². The Balaban J connectivity index is 0.000000192. The van der Waals surface area contributed by atoms with Gasteiger partial charge >= 0.3 is 6.18 Å². The van der Waals surface area contributed by atoms with Crippen molar-refractivity contribution in [2.75, 3.05) is 0 Å². The zero-order valence-corrected chi connectivity index (χ0v) is 22.2. The van der Waals surface area contributed by atoms with Crippen molar-refractivity contribution in [1.29, 1.82) is 0 Å². The molecule has 5 rings (SSSR count). The van der Waals surface area contributed by atoms with Crippen molar-refractivity contribution in [2.45, 2.75) is 19.4 Å². The predicted octanol–water partition coefficient (Wildman–Crippen LogP) is 9.42. The van der Waals surface area contributed by atoms with Crippen molar-refractivity contribution in [2.24, 2.45) is 0 Å². The van der Waals surface area contributed by atoms with Crippen LogP contribution >= 0.6 is 54.5 Å². The third kappa shape index (κ3) is 6.01. The van der Waals surface area contributed by atoms with E-state index in [0.29, 0.717) is 0 Å². The quantitative estimate of drug-likeness (QED) is 0.215. The molecule has 2 heterocycles. The Hall–Kier alpha value is -1.91. The molecule has 0 bridgehead atoms. The van der Waals surface area contributed by atoms with Crippen molar-refractivity contribution < 1.29 is 23.0 Å². The van der Waals surface area contributed by atoms with Crippen molar-refractivity contribution in [3.63, 3.8) is 0 Å². The van der Waals surface area contributed by atoms with Crippen molar-refractivity contribution in [3.8, 4) is 5.75 Å². The third-order valence-electron chi connectivity index (χ3n) is 4.79. The summed E-state index contributed by atoms with van der Waals surface area (Å²) in [4.78, 5) is 1.97.